The topological polar surface area (TPSA) is 34.5 Å². The summed E-state index contributed by atoms with van der Waals surface area (Å²) >= 11 is 1.69. The smallest absolute Gasteiger partial charge is 0.270 e. The first kappa shape index (κ1) is 15.4. The minimum absolute atomic E-state index is 0.106. The fraction of sp³-hybridized carbons (Fsp3) is 0.316. The minimum atomic E-state index is 0.106. The maximum Gasteiger partial charge on any atom is 0.270 e. The van der Waals surface area contributed by atoms with Crippen molar-refractivity contribution in [1.29, 1.82) is 0 Å². The molecule has 1 saturated heterocycles. The number of carbonyl (C=O) groups is 1. The van der Waals surface area contributed by atoms with Crippen LogP contribution in [0, 0.1) is 6.92 Å². The summed E-state index contributed by atoms with van der Waals surface area (Å²) < 4.78 is 7.53. The Balaban J connectivity index is 1.72. The lowest BCUT2D eigenvalue weighted by atomic mass is 10.1. The van der Waals surface area contributed by atoms with Crippen LogP contribution >= 0.6 is 11.3 Å². The lowest BCUT2D eigenvalue weighted by Crippen LogP contribution is -2.41. The summed E-state index contributed by atoms with van der Waals surface area (Å²) in [6.45, 7) is 5.40. The van der Waals surface area contributed by atoms with Gasteiger partial charge in [-0.1, -0.05) is 29.8 Å². The van der Waals surface area contributed by atoms with Crippen molar-refractivity contribution in [1.82, 2.24) is 9.47 Å². The number of benzene rings is 1. The van der Waals surface area contributed by atoms with E-state index >= 15 is 0 Å². The van der Waals surface area contributed by atoms with E-state index in [4.69, 9.17) is 4.74 Å². The molecule has 1 fully saturated rings. The number of aryl methyl sites for hydroxylation is 1. The van der Waals surface area contributed by atoms with Crippen LogP contribution in [0.2, 0.25) is 0 Å². The fourth-order valence-electron chi connectivity index (χ4n) is 3.23. The van der Waals surface area contributed by atoms with Crippen molar-refractivity contribution in [3.63, 3.8) is 0 Å². The standard InChI is InChI=1S/C19H20N2O2S/c1-14-3-2-4-15(11-14)13-21-17(12-16-5-10-24-19(16)21)18(22)20-6-8-23-9-7-20/h2-5,10-12H,6-9,13H2,1H3. The normalized spacial score (nSPS) is 15.1. The summed E-state index contributed by atoms with van der Waals surface area (Å²) in [5.41, 5.74) is 3.24. The third kappa shape index (κ3) is 2.85. The van der Waals surface area contributed by atoms with Gasteiger partial charge in [-0.2, -0.15) is 0 Å². The van der Waals surface area contributed by atoms with E-state index in [0.717, 1.165) is 22.5 Å². The van der Waals surface area contributed by atoms with Crippen LogP contribution in [0.5, 0.6) is 0 Å². The molecule has 0 unspecified atom stereocenters. The molecule has 124 valence electrons. The maximum atomic E-state index is 13.0. The molecule has 0 saturated carbocycles. The zero-order valence-electron chi connectivity index (χ0n) is 13.7. The number of nitrogens with zero attached hydrogens (tertiary/aromatic N) is 2. The highest BCUT2D eigenvalue weighted by Crippen LogP contribution is 2.27. The Bertz CT molecular complexity index is 875. The van der Waals surface area contributed by atoms with Gasteiger partial charge in [0.2, 0.25) is 0 Å². The second kappa shape index (κ2) is 6.42. The van der Waals surface area contributed by atoms with Gasteiger partial charge in [0, 0.05) is 25.0 Å². The highest BCUT2D eigenvalue weighted by Gasteiger charge is 2.23. The predicted octanol–water partition coefficient (Wildman–Crippen LogP) is 3.53. The summed E-state index contributed by atoms with van der Waals surface area (Å²) in [5, 5.41) is 3.23. The van der Waals surface area contributed by atoms with Crippen LogP contribution in [0.25, 0.3) is 10.2 Å². The first-order chi connectivity index (χ1) is 11.7. The number of hydrogen-bond acceptors (Lipinski definition) is 3. The van der Waals surface area contributed by atoms with Crippen LogP contribution in [-0.2, 0) is 11.3 Å². The number of morpholine rings is 1. The van der Waals surface area contributed by atoms with Gasteiger partial charge < -0.3 is 14.2 Å². The SMILES string of the molecule is Cc1cccc(Cn2c(C(=O)N3CCOCC3)cc3ccsc32)c1. The predicted molar refractivity (Wildman–Crippen MR) is 96.8 cm³/mol. The monoisotopic (exact) mass is 340 g/mol. The van der Waals surface area contributed by atoms with Crippen molar-refractivity contribution in [2.75, 3.05) is 26.3 Å². The van der Waals surface area contributed by atoms with Crippen molar-refractivity contribution in [3.05, 3.63) is 58.6 Å². The molecule has 1 amide bonds. The first-order valence-electron chi connectivity index (χ1n) is 8.22. The van der Waals surface area contributed by atoms with E-state index in [1.807, 2.05) is 11.0 Å². The Labute approximate surface area is 145 Å². The molecule has 0 bridgehead atoms. The third-order valence-corrected chi connectivity index (χ3v) is 5.39. The molecule has 0 aliphatic carbocycles. The van der Waals surface area contributed by atoms with Gasteiger partial charge >= 0.3 is 0 Å². The minimum Gasteiger partial charge on any atom is -0.378 e. The average Bonchev–Trinajstić information content (AvgIpc) is 3.18. The quantitative estimate of drug-likeness (QED) is 0.731. The summed E-state index contributed by atoms with van der Waals surface area (Å²) in [4.78, 5) is 16.1. The maximum absolute atomic E-state index is 13.0. The van der Waals surface area contributed by atoms with Gasteiger partial charge in [-0.15, -0.1) is 11.3 Å². The fourth-order valence-corrected chi connectivity index (χ4v) is 4.13. The molecule has 0 atom stereocenters. The van der Waals surface area contributed by atoms with E-state index in [9.17, 15) is 4.79 Å². The van der Waals surface area contributed by atoms with Crippen LogP contribution in [0.15, 0.2) is 41.8 Å². The third-order valence-electron chi connectivity index (χ3n) is 4.44. The van der Waals surface area contributed by atoms with Crippen molar-refractivity contribution in [2.45, 2.75) is 13.5 Å². The Morgan fingerprint density at radius 1 is 1.21 bits per heavy atom. The lowest BCUT2D eigenvalue weighted by Gasteiger charge is -2.27. The van der Waals surface area contributed by atoms with Gasteiger partial charge in [0.1, 0.15) is 10.5 Å². The van der Waals surface area contributed by atoms with Crippen LogP contribution < -0.4 is 0 Å². The number of aromatic nitrogens is 1. The molecule has 0 radical (unpaired) electrons. The van der Waals surface area contributed by atoms with E-state index in [-0.39, 0.29) is 5.91 Å². The Morgan fingerprint density at radius 3 is 2.83 bits per heavy atom. The average molecular weight is 340 g/mol. The number of hydrogen-bond donors (Lipinski definition) is 0. The molecule has 3 heterocycles. The van der Waals surface area contributed by atoms with Crippen LogP contribution in [0.4, 0.5) is 0 Å². The Hall–Kier alpha value is -2.11. The molecular weight excluding hydrogens is 320 g/mol. The molecule has 2 aromatic heterocycles. The molecule has 4 nitrogen and oxygen atoms in total. The van der Waals surface area contributed by atoms with E-state index in [0.29, 0.717) is 26.3 Å². The molecule has 1 aliphatic rings. The number of thiophene rings is 1. The molecule has 4 rings (SSSR count). The van der Waals surface area contributed by atoms with Crippen molar-refractivity contribution in [3.8, 4) is 0 Å². The van der Waals surface area contributed by atoms with Gasteiger partial charge in [0.05, 0.1) is 13.2 Å². The molecule has 1 aromatic carbocycles. The summed E-state index contributed by atoms with van der Waals surface area (Å²) in [7, 11) is 0. The van der Waals surface area contributed by atoms with E-state index in [2.05, 4.69) is 47.2 Å². The summed E-state index contributed by atoms with van der Waals surface area (Å²) in [6, 6.07) is 12.6. The van der Waals surface area contributed by atoms with Crippen LogP contribution in [0.1, 0.15) is 21.6 Å². The number of amides is 1. The van der Waals surface area contributed by atoms with E-state index in [1.165, 1.54) is 11.1 Å². The number of carbonyl (C=O) groups excluding carboxylic acids is 1. The number of fused-ring (bicyclic) bond motifs is 1. The van der Waals surface area contributed by atoms with Gasteiger partial charge in [0.25, 0.3) is 5.91 Å². The highest BCUT2D eigenvalue weighted by atomic mass is 32.1. The van der Waals surface area contributed by atoms with E-state index < -0.39 is 0 Å². The molecule has 5 heteroatoms. The van der Waals surface area contributed by atoms with Crippen molar-refractivity contribution < 1.29 is 9.53 Å². The summed E-state index contributed by atoms with van der Waals surface area (Å²) in [5.74, 6) is 0.106. The largest absolute Gasteiger partial charge is 0.378 e. The second-order valence-electron chi connectivity index (χ2n) is 6.19. The van der Waals surface area contributed by atoms with Gasteiger partial charge in [-0.25, -0.2) is 0 Å². The highest BCUT2D eigenvalue weighted by molar-refractivity contribution is 7.16. The zero-order chi connectivity index (χ0) is 16.5. The molecule has 24 heavy (non-hydrogen) atoms. The van der Waals surface area contributed by atoms with Gasteiger partial charge in [0.15, 0.2) is 0 Å². The summed E-state index contributed by atoms with van der Waals surface area (Å²) in [6.07, 6.45) is 0. The zero-order valence-corrected chi connectivity index (χ0v) is 14.5. The molecule has 0 spiro atoms. The lowest BCUT2D eigenvalue weighted by molar-refractivity contribution is 0.0296. The van der Waals surface area contributed by atoms with E-state index in [1.54, 1.807) is 11.3 Å². The molecular formula is C19H20N2O2S. The molecule has 3 aromatic rings. The van der Waals surface area contributed by atoms with Gasteiger partial charge in [-0.3, -0.25) is 4.79 Å². The Morgan fingerprint density at radius 2 is 2.04 bits per heavy atom. The van der Waals surface area contributed by atoms with Crippen molar-refractivity contribution in [2.24, 2.45) is 0 Å². The van der Waals surface area contributed by atoms with Crippen LogP contribution in [0.3, 0.4) is 0 Å². The number of rotatable bonds is 3. The first-order valence-corrected chi connectivity index (χ1v) is 9.09. The molecule has 0 N–H and O–H groups in total. The molecule has 1 aliphatic heterocycles. The van der Waals surface area contributed by atoms with Crippen LogP contribution in [-0.4, -0.2) is 41.7 Å². The van der Waals surface area contributed by atoms with Gasteiger partial charge in [-0.05, 0) is 30.0 Å². The van der Waals surface area contributed by atoms with Crippen molar-refractivity contribution >= 4 is 27.5 Å². The number of ether oxygens (including phenoxy) is 1. The Kier molecular flexibility index (Phi) is 4.12. The second-order valence-corrected chi connectivity index (χ2v) is 7.09.